The Balaban J connectivity index is 1.29. The summed E-state index contributed by atoms with van der Waals surface area (Å²) < 4.78 is 0. The highest BCUT2D eigenvalue weighted by Gasteiger charge is 2.74. The largest absolute Gasteiger partial charge is 0.0625 e. The first-order valence-electron chi connectivity index (χ1n) is 10.7. The van der Waals surface area contributed by atoms with Gasteiger partial charge in [0.25, 0.3) is 0 Å². The van der Waals surface area contributed by atoms with E-state index in [0.29, 0.717) is 0 Å². The van der Waals surface area contributed by atoms with Crippen LogP contribution in [0.2, 0.25) is 0 Å². The van der Waals surface area contributed by atoms with Gasteiger partial charge in [-0.1, -0.05) is 13.8 Å². The molecule has 120 valence electrons. The van der Waals surface area contributed by atoms with Gasteiger partial charge < -0.3 is 0 Å². The second-order valence-electron chi connectivity index (χ2n) is 11.2. The van der Waals surface area contributed by atoms with Crippen LogP contribution in [0.25, 0.3) is 0 Å². The molecule has 6 bridgehead atoms. The van der Waals surface area contributed by atoms with Crippen LogP contribution in [0.5, 0.6) is 0 Å². The van der Waals surface area contributed by atoms with Crippen molar-refractivity contribution in [3.63, 3.8) is 0 Å². The maximum atomic E-state index is 2.60. The minimum absolute atomic E-state index is 1.06. The van der Waals surface area contributed by atoms with Crippen LogP contribution >= 0.6 is 0 Å². The molecule has 0 aliphatic heterocycles. The van der Waals surface area contributed by atoms with Gasteiger partial charge in [-0.3, -0.25) is 0 Å². The highest BCUT2D eigenvalue weighted by Crippen LogP contribution is 2.79. The van der Waals surface area contributed by atoms with Crippen LogP contribution in [-0.4, -0.2) is 0 Å². The minimum atomic E-state index is 1.06. The van der Waals surface area contributed by atoms with Crippen molar-refractivity contribution < 1.29 is 0 Å². The van der Waals surface area contributed by atoms with E-state index in [-0.39, 0.29) is 0 Å². The summed E-state index contributed by atoms with van der Waals surface area (Å²) in [6.07, 6.45) is 9.89. The number of rotatable bonds is 0. The van der Waals surface area contributed by atoms with E-state index in [1.54, 1.807) is 38.5 Å². The zero-order valence-electron chi connectivity index (χ0n) is 14.3. The summed E-state index contributed by atoms with van der Waals surface area (Å²) in [6.45, 7) is 5.15. The van der Waals surface area contributed by atoms with Gasteiger partial charge in [0.2, 0.25) is 0 Å². The van der Waals surface area contributed by atoms with Crippen molar-refractivity contribution in [2.75, 3.05) is 0 Å². The van der Waals surface area contributed by atoms with Gasteiger partial charge in [-0.2, -0.15) is 0 Å². The Hall–Kier alpha value is 0. The molecule has 7 fully saturated rings. The van der Waals surface area contributed by atoms with Crippen molar-refractivity contribution in [1.29, 1.82) is 0 Å². The molecule has 0 heteroatoms. The van der Waals surface area contributed by atoms with Gasteiger partial charge in [0.05, 0.1) is 0 Å². The lowest BCUT2D eigenvalue weighted by molar-refractivity contribution is -0.0165. The van der Waals surface area contributed by atoms with Gasteiger partial charge in [-0.25, -0.2) is 0 Å². The molecule has 0 radical (unpaired) electrons. The molecule has 14 atom stereocenters. The molecule has 0 nitrogen and oxygen atoms in total. The Morgan fingerprint density at radius 2 is 1.05 bits per heavy atom. The van der Waals surface area contributed by atoms with Gasteiger partial charge in [0, 0.05) is 0 Å². The molecule has 0 aromatic heterocycles. The van der Waals surface area contributed by atoms with E-state index < -0.39 is 0 Å². The Labute approximate surface area is 135 Å². The molecule has 0 aromatic rings. The van der Waals surface area contributed by atoms with Crippen molar-refractivity contribution >= 4 is 0 Å². The number of hydrogen-bond donors (Lipinski definition) is 0. The zero-order chi connectivity index (χ0) is 14.3. The molecule has 7 saturated carbocycles. The maximum absolute atomic E-state index is 2.60. The topological polar surface area (TPSA) is 0 Å². The van der Waals surface area contributed by atoms with E-state index >= 15 is 0 Å². The lowest BCUT2D eigenvalue weighted by Crippen LogP contribution is -2.45. The molecule has 0 heterocycles. The molecule has 7 rings (SSSR count). The third kappa shape index (κ3) is 1.13. The molecule has 14 unspecified atom stereocenters. The summed E-state index contributed by atoms with van der Waals surface area (Å²) >= 11 is 0. The first-order valence-corrected chi connectivity index (χ1v) is 10.7. The molecule has 0 aromatic carbocycles. The van der Waals surface area contributed by atoms with Gasteiger partial charge in [0.15, 0.2) is 0 Å². The first kappa shape index (κ1) is 12.4. The number of hydrogen-bond acceptors (Lipinski definition) is 0. The summed E-state index contributed by atoms with van der Waals surface area (Å²) in [5.41, 5.74) is 0. The predicted octanol–water partition coefficient (Wildman–Crippen LogP) is 5.09. The maximum Gasteiger partial charge on any atom is -0.0318 e. The van der Waals surface area contributed by atoms with Crippen LogP contribution < -0.4 is 0 Å². The van der Waals surface area contributed by atoms with Crippen LogP contribution in [0, 0.1) is 82.9 Å². The average molecular weight is 296 g/mol. The molecule has 0 amide bonds. The summed E-state index contributed by atoms with van der Waals surface area (Å²) in [7, 11) is 0. The van der Waals surface area contributed by atoms with Crippen LogP contribution in [0.4, 0.5) is 0 Å². The molecule has 0 N–H and O–H groups in total. The van der Waals surface area contributed by atoms with Gasteiger partial charge in [-0.15, -0.1) is 0 Å². The third-order valence-corrected chi connectivity index (χ3v) is 11.0. The standard InChI is InChI=1S/C22H32/c1-9-3-13-14(4-9)16-7-15(13)21-17-8-18(22(16)21)20-12-6-11(19(17)20)5-10(12)2/h9-22H,3-8H2,1-2H3. The molecule has 0 saturated heterocycles. The fourth-order valence-electron chi connectivity index (χ4n) is 11.2. The normalized spacial score (nSPS) is 75.5. The summed E-state index contributed by atoms with van der Waals surface area (Å²) in [5, 5.41) is 0. The lowest BCUT2D eigenvalue weighted by atomic mass is 9.56. The fourth-order valence-corrected chi connectivity index (χ4v) is 11.2. The first-order chi connectivity index (χ1) is 10.7. The van der Waals surface area contributed by atoms with Crippen molar-refractivity contribution in [2.45, 2.75) is 52.4 Å². The van der Waals surface area contributed by atoms with E-state index in [1.807, 2.05) is 0 Å². The highest BCUT2D eigenvalue weighted by molar-refractivity contribution is 5.21. The van der Waals surface area contributed by atoms with E-state index in [4.69, 9.17) is 0 Å². The highest BCUT2D eigenvalue weighted by atomic mass is 14.8. The third-order valence-electron chi connectivity index (χ3n) is 11.0. The Morgan fingerprint density at radius 1 is 0.455 bits per heavy atom. The Morgan fingerprint density at radius 3 is 1.77 bits per heavy atom. The smallest absolute Gasteiger partial charge is 0.0318 e. The summed E-state index contributed by atoms with van der Waals surface area (Å²) in [6, 6.07) is 0. The van der Waals surface area contributed by atoms with Crippen molar-refractivity contribution in [2.24, 2.45) is 82.9 Å². The average Bonchev–Trinajstić information content (AvgIpc) is 3.25. The molecular formula is C22H32. The van der Waals surface area contributed by atoms with Gasteiger partial charge >= 0.3 is 0 Å². The quantitative estimate of drug-likeness (QED) is 0.546. The SMILES string of the molecule is CC1CC2C(C1)C1CC2C2C3CC(C4C5CC(CC5C)C34)C12. The van der Waals surface area contributed by atoms with Crippen LogP contribution in [-0.2, 0) is 0 Å². The van der Waals surface area contributed by atoms with Crippen LogP contribution in [0.15, 0.2) is 0 Å². The lowest BCUT2D eigenvalue weighted by Gasteiger charge is -2.49. The van der Waals surface area contributed by atoms with Crippen LogP contribution in [0.3, 0.4) is 0 Å². The minimum Gasteiger partial charge on any atom is -0.0625 e. The fraction of sp³-hybridized carbons (Fsp3) is 1.00. The molecule has 22 heavy (non-hydrogen) atoms. The predicted molar refractivity (Wildman–Crippen MR) is 87.9 cm³/mol. The summed E-state index contributed by atoms with van der Waals surface area (Å²) in [5.74, 6) is 16.6. The van der Waals surface area contributed by atoms with E-state index in [2.05, 4.69) is 13.8 Å². The second kappa shape index (κ2) is 3.65. The van der Waals surface area contributed by atoms with Crippen molar-refractivity contribution in [3.05, 3.63) is 0 Å². The van der Waals surface area contributed by atoms with E-state index in [0.717, 1.165) is 11.8 Å². The van der Waals surface area contributed by atoms with Crippen molar-refractivity contribution in [3.8, 4) is 0 Å². The Kier molecular flexibility index (Phi) is 2.05. The number of fused-ring (bicyclic) bond motifs is 19. The van der Waals surface area contributed by atoms with Gasteiger partial charge in [0.1, 0.15) is 0 Å². The van der Waals surface area contributed by atoms with Gasteiger partial charge in [-0.05, 0) is 121 Å². The van der Waals surface area contributed by atoms with Crippen molar-refractivity contribution in [1.82, 2.24) is 0 Å². The zero-order valence-corrected chi connectivity index (χ0v) is 14.3. The molecule has 0 spiro atoms. The molecule has 7 aliphatic rings. The second-order valence-corrected chi connectivity index (χ2v) is 11.2. The van der Waals surface area contributed by atoms with E-state index in [9.17, 15) is 0 Å². The summed E-state index contributed by atoms with van der Waals surface area (Å²) in [4.78, 5) is 0. The van der Waals surface area contributed by atoms with Crippen LogP contribution in [0.1, 0.15) is 52.4 Å². The Bertz CT molecular complexity index is 536. The molecule has 7 aliphatic carbocycles. The monoisotopic (exact) mass is 296 g/mol. The molecular weight excluding hydrogens is 264 g/mol. The van der Waals surface area contributed by atoms with E-state index in [1.165, 1.54) is 71.0 Å².